The Balaban J connectivity index is 1.45. The number of hydrogen-bond donors (Lipinski definition) is 3. The summed E-state index contributed by atoms with van der Waals surface area (Å²) in [5, 5.41) is 15.1. The summed E-state index contributed by atoms with van der Waals surface area (Å²) in [5.41, 5.74) is 0.592. The second-order valence-electron chi connectivity index (χ2n) is 6.47. The second kappa shape index (κ2) is 9.36. The highest BCUT2D eigenvalue weighted by Gasteiger charge is 2.30. The number of aliphatic hydroxyl groups excluding tert-OH is 1. The Morgan fingerprint density at radius 3 is 2.53 bits per heavy atom. The first kappa shape index (κ1) is 21.3. The first-order chi connectivity index (χ1) is 14.3. The topological polar surface area (TPSA) is 75.5 Å². The summed E-state index contributed by atoms with van der Waals surface area (Å²) >= 11 is 0. The highest BCUT2D eigenvalue weighted by Crippen LogP contribution is 2.31. The number of nitrogens with zero attached hydrogens (tertiary/aromatic N) is 1. The molecule has 2 amide bonds. The van der Waals surface area contributed by atoms with E-state index in [4.69, 9.17) is 4.74 Å². The highest BCUT2D eigenvalue weighted by molar-refractivity contribution is 5.89. The van der Waals surface area contributed by atoms with Gasteiger partial charge in [0.25, 0.3) is 0 Å². The Labute approximate surface area is 170 Å². The van der Waals surface area contributed by atoms with Crippen LogP contribution in [0.5, 0.6) is 5.75 Å². The number of carbonyl (C=O) groups is 1. The number of benzene rings is 2. The molecule has 0 fully saturated rings. The first-order valence-electron chi connectivity index (χ1n) is 9.07. The second-order valence-corrected chi connectivity index (χ2v) is 6.47. The maximum atomic E-state index is 12.7. The molecular weight excluding hydrogens is 399 g/mol. The van der Waals surface area contributed by atoms with Gasteiger partial charge in [-0.05, 0) is 48.5 Å². The van der Waals surface area contributed by atoms with Gasteiger partial charge >= 0.3 is 12.2 Å². The molecule has 0 spiro atoms. The third-order valence-corrected chi connectivity index (χ3v) is 4.11. The lowest BCUT2D eigenvalue weighted by Crippen LogP contribution is -2.37. The standard InChI is InChI=1S/C21H20F3N3O3/c22-21(23,24)15-5-3-8-19(11-15)30-14-18(28)13-25-20(29)26-16-6-4-7-17(12-16)27-9-1-2-10-27/h1-12,18,28H,13-14H2,(H2,25,26,29). The molecule has 1 aromatic heterocycles. The van der Waals surface area contributed by atoms with E-state index in [-0.39, 0.29) is 18.9 Å². The normalized spacial score (nSPS) is 12.3. The lowest BCUT2D eigenvalue weighted by molar-refractivity contribution is -0.137. The lowest BCUT2D eigenvalue weighted by atomic mass is 10.2. The molecule has 3 aromatic rings. The summed E-state index contributed by atoms with van der Waals surface area (Å²) in [6.45, 7) is -0.410. The van der Waals surface area contributed by atoms with E-state index in [1.807, 2.05) is 35.2 Å². The number of alkyl halides is 3. The Bertz CT molecular complexity index is 975. The van der Waals surface area contributed by atoms with Crippen molar-refractivity contribution in [2.24, 2.45) is 0 Å². The van der Waals surface area contributed by atoms with Gasteiger partial charge in [0.15, 0.2) is 0 Å². The van der Waals surface area contributed by atoms with Gasteiger partial charge in [-0.1, -0.05) is 12.1 Å². The fourth-order valence-corrected chi connectivity index (χ4v) is 2.65. The molecule has 0 bridgehead atoms. The van der Waals surface area contributed by atoms with Gasteiger partial charge in [-0.3, -0.25) is 0 Å². The molecule has 0 aliphatic carbocycles. The SMILES string of the molecule is O=C(NCC(O)COc1cccc(C(F)(F)F)c1)Nc1cccc(-n2cccc2)c1. The number of ether oxygens (including phenoxy) is 1. The molecular formula is C21H20F3N3O3. The maximum absolute atomic E-state index is 12.7. The minimum atomic E-state index is -4.48. The van der Waals surface area contributed by atoms with Crippen LogP contribution in [-0.4, -0.2) is 35.0 Å². The fourth-order valence-electron chi connectivity index (χ4n) is 2.65. The molecule has 1 heterocycles. The zero-order valence-corrected chi connectivity index (χ0v) is 15.8. The lowest BCUT2D eigenvalue weighted by Gasteiger charge is -2.15. The summed E-state index contributed by atoms with van der Waals surface area (Å²) in [7, 11) is 0. The van der Waals surface area contributed by atoms with Crippen LogP contribution in [0.3, 0.4) is 0 Å². The van der Waals surface area contributed by atoms with Crippen molar-refractivity contribution in [3.8, 4) is 11.4 Å². The quantitative estimate of drug-likeness (QED) is 0.541. The third-order valence-electron chi connectivity index (χ3n) is 4.11. The number of carbonyl (C=O) groups excluding carboxylic acids is 1. The van der Waals surface area contributed by atoms with E-state index in [1.54, 1.807) is 18.2 Å². The number of amides is 2. The monoisotopic (exact) mass is 419 g/mol. The molecule has 0 saturated carbocycles. The highest BCUT2D eigenvalue weighted by atomic mass is 19.4. The van der Waals surface area contributed by atoms with Crippen LogP contribution in [-0.2, 0) is 6.18 Å². The molecule has 0 aliphatic heterocycles. The van der Waals surface area contributed by atoms with Crippen LogP contribution in [0, 0.1) is 0 Å². The van der Waals surface area contributed by atoms with Gasteiger partial charge in [0.1, 0.15) is 18.5 Å². The number of nitrogens with one attached hydrogen (secondary N) is 2. The summed E-state index contributed by atoms with van der Waals surface area (Å²) in [6.07, 6.45) is -1.83. The summed E-state index contributed by atoms with van der Waals surface area (Å²) in [5.74, 6) is -0.0184. The zero-order chi connectivity index (χ0) is 21.6. The van der Waals surface area contributed by atoms with Gasteiger partial charge in [0, 0.05) is 30.3 Å². The molecule has 0 radical (unpaired) electrons. The van der Waals surface area contributed by atoms with E-state index < -0.39 is 23.9 Å². The van der Waals surface area contributed by atoms with Gasteiger partial charge in [-0.15, -0.1) is 0 Å². The van der Waals surface area contributed by atoms with Gasteiger partial charge in [0.2, 0.25) is 0 Å². The molecule has 30 heavy (non-hydrogen) atoms. The summed E-state index contributed by atoms with van der Waals surface area (Å²) < 4.78 is 45.2. The largest absolute Gasteiger partial charge is 0.491 e. The fraction of sp³-hybridized carbons (Fsp3) is 0.190. The number of urea groups is 1. The molecule has 0 aliphatic rings. The maximum Gasteiger partial charge on any atom is 0.416 e. The van der Waals surface area contributed by atoms with E-state index in [2.05, 4.69) is 10.6 Å². The average molecular weight is 419 g/mol. The van der Waals surface area contributed by atoms with Crippen molar-refractivity contribution >= 4 is 11.7 Å². The van der Waals surface area contributed by atoms with Gasteiger partial charge in [0.05, 0.1) is 5.56 Å². The first-order valence-corrected chi connectivity index (χ1v) is 9.07. The van der Waals surface area contributed by atoms with Crippen LogP contribution in [0.15, 0.2) is 73.1 Å². The molecule has 1 unspecified atom stereocenters. The van der Waals surface area contributed by atoms with E-state index in [9.17, 15) is 23.1 Å². The van der Waals surface area contributed by atoms with Crippen LogP contribution < -0.4 is 15.4 Å². The minimum absolute atomic E-state index is 0.0184. The van der Waals surface area contributed by atoms with E-state index in [0.29, 0.717) is 5.69 Å². The zero-order valence-electron chi connectivity index (χ0n) is 15.8. The van der Waals surface area contributed by atoms with Gasteiger partial charge in [-0.25, -0.2) is 4.79 Å². The number of aliphatic hydroxyl groups is 1. The predicted octanol–water partition coefficient (Wildman–Crippen LogP) is 4.06. The predicted molar refractivity (Wildman–Crippen MR) is 106 cm³/mol. The van der Waals surface area contributed by atoms with Crippen molar-refractivity contribution in [3.05, 3.63) is 78.6 Å². The average Bonchev–Trinajstić information content (AvgIpc) is 3.25. The van der Waals surface area contributed by atoms with E-state index in [1.165, 1.54) is 12.1 Å². The minimum Gasteiger partial charge on any atom is -0.491 e. The van der Waals surface area contributed by atoms with E-state index in [0.717, 1.165) is 17.8 Å². The van der Waals surface area contributed by atoms with Crippen LogP contribution in [0.4, 0.5) is 23.7 Å². The van der Waals surface area contributed by atoms with Crippen molar-refractivity contribution in [2.45, 2.75) is 12.3 Å². The molecule has 3 rings (SSSR count). The van der Waals surface area contributed by atoms with Crippen LogP contribution in [0.1, 0.15) is 5.56 Å². The number of anilines is 1. The molecule has 1 atom stereocenters. The summed E-state index contributed by atoms with van der Waals surface area (Å²) in [6, 6.07) is 14.8. The summed E-state index contributed by atoms with van der Waals surface area (Å²) in [4.78, 5) is 12.0. The van der Waals surface area contributed by atoms with E-state index >= 15 is 0 Å². The number of hydrogen-bond acceptors (Lipinski definition) is 3. The smallest absolute Gasteiger partial charge is 0.416 e. The van der Waals surface area contributed by atoms with Gasteiger partial charge < -0.3 is 25.0 Å². The van der Waals surface area contributed by atoms with Gasteiger partial charge in [-0.2, -0.15) is 13.2 Å². The van der Waals surface area contributed by atoms with Crippen LogP contribution in [0.2, 0.25) is 0 Å². The molecule has 158 valence electrons. The van der Waals surface area contributed by atoms with Crippen molar-refractivity contribution in [1.29, 1.82) is 0 Å². The number of rotatable bonds is 7. The molecule has 0 saturated heterocycles. The van der Waals surface area contributed by atoms with Crippen LogP contribution in [0.25, 0.3) is 5.69 Å². The van der Waals surface area contributed by atoms with Crippen molar-refractivity contribution in [2.75, 3.05) is 18.5 Å². The van der Waals surface area contributed by atoms with Crippen molar-refractivity contribution < 1.29 is 27.8 Å². The number of halogens is 3. The number of aromatic nitrogens is 1. The Kier molecular flexibility index (Phi) is 6.63. The third kappa shape index (κ3) is 6.02. The Hall–Kier alpha value is -3.46. The molecule has 6 nitrogen and oxygen atoms in total. The Morgan fingerprint density at radius 2 is 1.80 bits per heavy atom. The van der Waals surface area contributed by atoms with Crippen molar-refractivity contribution in [1.82, 2.24) is 9.88 Å². The molecule has 2 aromatic carbocycles. The molecule has 9 heteroatoms. The van der Waals surface area contributed by atoms with Crippen LogP contribution >= 0.6 is 0 Å². The Morgan fingerprint density at radius 1 is 1.07 bits per heavy atom. The van der Waals surface area contributed by atoms with Crippen molar-refractivity contribution in [3.63, 3.8) is 0 Å². The molecule has 3 N–H and O–H groups in total.